The van der Waals surface area contributed by atoms with Crippen LogP contribution in [0.5, 0.6) is 0 Å². The fourth-order valence-electron chi connectivity index (χ4n) is 2.92. The minimum Gasteiger partial charge on any atom is -0.310 e. The lowest BCUT2D eigenvalue weighted by Crippen LogP contribution is -2.19. The maximum Gasteiger partial charge on any atom is 0.226 e. The number of fused-ring (bicyclic) bond motifs is 1. The molecule has 0 atom stereocenters. The number of anilines is 1. The van der Waals surface area contributed by atoms with Gasteiger partial charge in [-0.3, -0.25) is 4.79 Å². The average molecular weight is 463 g/mol. The van der Waals surface area contributed by atoms with E-state index in [9.17, 15) is 22.0 Å². The number of aryl methyl sites for hydroxylation is 1. The van der Waals surface area contributed by atoms with Gasteiger partial charge >= 0.3 is 0 Å². The summed E-state index contributed by atoms with van der Waals surface area (Å²) in [6.45, 7) is 1.72. The molecule has 0 aliphatic heterocycles. The molecule has 0 aliphatic rings. The maximum absolute atomic E-state index is 14.0. The van der Waals surface area contributed by atoms with Crippen LogP contribution in [0.3, 0.4) is 0 Å². The number of halogens is 2. The standard InChI is InChI=1S/C20H16F2N4O3S2/c1-12-11-17(26(25-12)20-24-19-15(22)3-2-4-16(19)30-20)23-18(27)9-10-31(28,29)14-7-5-13(21)6-8-14/h2-8,11H,9-10H2,1H3,(H,23,27). The first-order valence-corrected chi connectivity index (χ1v) is 11.6. The lowest BCUT2D eigenvalue weighted by atomic mass is 10.3. The fraction of sp³-hybridized carbons (Fsp3) is 0.150. The highest BCUT2D eigenvalue weighted by Gasteiger charge is 2.19. The SMILES string of the molecule is Cc1cc(NC(=O)CCS(=O)(=O)c2ccc(F)cc2)n(-c2nc3c(F)cccc3s2)n1. The molecule has 0 aliphatic carbocycles. The summed E-state index contributed by atoms with van der Waals surface area (Å²) in [6, 6.07) is 10.6. The zero-order chi connectivity index (χ0) is 22.2. The van der Waals surface area contributed by atoms with E-state index in [-0.39, 0.29) is 16.8 Å². The Morgan fingerprint density at radius 3 is 2.61 bits per heavy atom. The number of benzene rings is 2. The third-order valence-electron chi connectivity index (χ3n) is 4.41. The molecular weight excluding hydrogens is 446 g/mol. The van der Waals surface area contributed by atoms with E-state index in [1.807, 2.05) is 0 Å². The third-order valence-corrected chi connectivity index (χ3v) is 7.14. The number of hydrogen-bond acceptors (Lipinski definition) is 6. The summed E-state index contributed by atoms with van der Waals surface area (Å²) < 4.78 is 53.7. The Morgan fingerprint density at radius 2 is 1.90 bits per heavy atom. The topological polar surface area (TPSA) is 94.0 Å². The molecule has 4 rings (SSSR count). The van der Waals surface area contributed by atoms with E-state index >= 15 is 0 Å². The molecule has 2 aromatic carbocycles. The third kappa shape index (κ3) is 4.47. The summed E-state index contributed by atoms with van der Waals surface area (Å²) in [7, 11) is -3.75. The first-order valence-electron chi connectivity index (χ1n) is 9.13. The van der Waals surface area contributed by atoms with Crippen molar-refractivity contribution in [3.8, 4) is 5.13 Å². The van der Waals surface area contributed by atoms with Gasteiger partial charge in [0.15, 0.2) is 9.84 Å². The number of rotatable bonds is 6. The van der Waals surface area contributed by atoms with Gasteiger partial charge in [0, 0.05) is 12.5 Å². The largest absolute Gasteiger partial charge is 0.310 e. The summed E-state index contributed by atoms with van der Waals surface area (Å²) in [5, 5.41) is 7.29. The maximum atomic E-state index is 14.0. The van der Waals surface area contributed by atoms with Crippen molar-refractivity contribution < 1.29 is 22.0 Å². The van der Waals surface area contributed by atoms with E-state index in [4.69, 9.17) is 0 Å². The van der Waals surface area contributed by atoms with Crippen LogP contribution in [0.4, 0.5) is 14.6 Å². The van der Waals surface area contributed by atoms with Crippen LogP contribution in [0.15, 0.2) is 53.4 Å². The number of sulfone groups is 1. The molecule has 31 heavy (non-hydrogen) atoms. The van der Waals surface area contributed by atoms with Gasteiger partial charge in [-0.15, -0.1) is 0 Å². The average Bonchev–Trinajstić information content (AvgIpc) is 3.31. The molecule has 0 bridgehead atoms. The van der Waals surface area contributed by atoms with E-state index < -0.39 is 33.1 Å². The van der Waals surface area contributed by atoms with Gasteiger partial charge in [-0.05, 0) is 43.3 Å². The number of thiazole rings is 1. The van der Waals surface area contributed by atoms with Crippen LogP contribution in [0.25, 0.3) is 15.3 Å². The fourth-order valence-corrected chi connectivity index (χ4v) is 5.11. The van der Waals surface area contributed by atoms with Crippen LogP contribution in [0.2, 0.25) is 0 Å². The molecule has 4 aromatic rings. The van der Waals surface area contributed by atoms with Gasteiger partial charge in [0.05, 0.1) is 21.0 Å². The van der Waals surface area contributed by atoms with E-state index in [0.717, 1.165) is 24.3 Å². The van der Waals surface area contributed by atoms with Crippen molar-refractivity contribution in [1.82, 2.24) is 14.8 Å². The second-order valence-electron chi connectivity index (χ2n) is 6.74. The van der Waals surface area contributed by atoms with Crippen molar-refractivity contribution in [1.29, 1.82) is 0 Å². The Bertz CT molecular complexity index is 1380. The molecule has 2 heterocycles. The van der Waals surface area contributed by atoms with Crippen molar-refractivity contribution in [2.45, 2.75) is 18.2 Å². The minimum atomic E-state index is -3.75. The summed E-state index contributed by atoms with van der Waals surface area (Å²) in [5.74, 6) is -1.69. The monoisotopic (exact) mass is 462 g/mol. The van der Waals surface area contributed by atoms with Crippen LogP contribution in [0.1, 0.15) is 12.1 Å². The number of nitrogens with one attached hydrogen (secondary N) is 1. The van der Waals surface area contributed by atoms with E-state index in [1.54, 1.807) is 25.1 Å². The summed E-state index contributed by atoms with van der Waals surface area (Å²) in [6.07, 6.45) is -0.307. The molecule has 0 saturated heterocycles. The Labute approximate surface area is 180 Å². The second kappa shape index (κ2) is 8.16. The number of para-hydroxylation sites is 1. The predicted molar refractivity (Wildman–Crippen MR) is 113 cm³/mol. The summed E-state index contributed by atoms with van der Waals surface area (Å²) >= 11 is 1.21. The molecule has 7 nitrogen and oxygen atoms in total. The minimum absolute atomic E-state index is 0.0564. The van der Waals surface area contributed by atoms with Gasteiger partial charge in [0.2, 0.25) is 11.0 Å². The van der Waals surface area contributed by atoms with Gasteiger partial charge in [-0.1, -0.05) is 17.4 Å². The zero-order valence-electron chi connectivity index (χ0n) is 16.2. The quantitative estimate of drug-likeness (QED) is 0.439. The number of aromatic nitrogens is 3. The highest BCUT2D eigenvalue weighted by Crippen LogP contribution is 2.28. The Hall–Kier alpha value is -3.18. The van der Waals surface area contributed by atoms with Crippen LogP contribution >= 0.6 is 11.3 Å². The van der Waals surface area contributed by atoms with Crippen molar-refractivity contribution in [2.24, 2.45) is 0 Å². The Kier molecular flexibility index (Phi) is 5.54. The van der Waals surface area contributed by atoms with Crippen LogP contribution in [-0.4, -0.2) is 34.8 Å². The van der Waals surface area contributed by atoms with E-state index in [0.29, 0.717) is 21.3 Å². The van der Waals surface area contributed by atoms with Crippen molar-refractivity contribution in [3.63, 3.8) is 0 Å². The summed E-state index contributed by atoms with van der Waals surface area (Å²) in [5.41, 5.74) is 0.798. The van der Waals surface area contributed by atoms with Crippen molar-refractivity contribution in [2.75, 3.05) is 11.1 Å². The molecule has 2 aromatic heterocycles. The molecule has 11 heteroatoms. The molecule has 1 N–H and O–H groups in total. The number of amides is 1. The number of hydrogen-bond donors (Lipinski definition) is 1. The van der Waals surface area contributed by atoms with Crippen LogP contribution in [-0.2, 0) is 14.6 Å². The van der Waals surface area contributed by atoms with Crippen molar-refractivity contribution in [3.05, 3.63) is 65.9 Å². The molecule has 0 saturated carbocycles. The highest BCUT2D eigenvalue weighted by atomic mass is 32.2. The highest BCUT2D eigenvalue weighted by molar-refractivity contribution is 7.91. The number of carbonyl (C=O) groups is 1. The smallest absolute Gasteiger partial charge is 0.226 e. The lowest BCUT2D eigenvalue weighted by molar-refractivity contribution is -0.115. The Balaban J connectivity index is 1.51. The molecule has 1 amide bonds. The van der Waals surface area contributed by atoms with E-state index in [2.05, 4.69) is 15.4 Å². The molecular formula is C20H16F2N4O3S2. The van der Waals surface area contributed by atoms with Gasteiger partial charge in [-0.2, -0.15) is 9.78 Å². The van der Waals surface area contributed by atoms with Crippen molar-refractivity contribution >= 4 is 43.1 Å². The van der Waals surface area contributed by atoms with E-state index in [1.165, 1.54) is 22.1 Å². The normalized spacial score (nSPS) is 11.7. The number of nitrogens with zero attached hydrogens (tertiary/aromatic N) is 3. The predicted octanol–water partition coefficient (Wildman–Crippen LogP) is 3.87. The molecule has 0 radical (unpaired) electrons. The van der Waals surface area contributed by atoms with Gasteiger partial charge in [-0.25, -0.2) is 22.2 Å². The first kappa shape index (κ1) is 21.1. The number of carbonyl (C=O) groups excluding carboxylic acids is 1. The first-order chi connectivity index (χ1) is 14.7. The van der Waals surface area contributed by atoms with Crippen LogP contribution in [0, 0.1) is 18.6 Å². The molecule has 0 spiro atoms. The molecule has 0 fully saturated rings. The lowest BCUT2D eigenvalue weighted by Gasteiger charge is -2.07. The van der Waals surface area contributed by atoms with Gasteiger partial charge in [0.25, 0.3) is 0 Å². The Morgan fingerprint density at radius 1 is 1.16 bits per heavy atom. The van der Waals surface area contributed by atoms with Crippen LogP contribution < -0.4 is 5.32 Å². The zero-order valence-corrected chi connectivity index (χ0v) is 17.8. The summed E-state index contributed by atoms with van der Waals surface area (Å²) in [4.78, 5) is 16.6. The second-order valence-corrected chi connectivity index (χ2v) is 9.85. The van der Waals surface area contributed by atoms with Gasteiger partial charge in [0.1, 0.15) is 23.0 Å². The molecule has 160 valence electrons. The molecule has 0 unspecified atom stereocenters. The van der Waals surface area contributed by atoms with Gasteiger partial charge < -0.3 is 5.32 Å².